The number of hydrogen-bond acceptors (Lipinski definition) is 4. The second kappa shape index (κ2) is 3.77. The van der Waals surface area contributed by atoms with Gasteiger partial charge in [-0.1, -0.05) is 0 Å². The molecular formula is C9H11NO4S. The quantitative estimate of drug-likeness (QED) is 0.719. The Morgan fingerprint density at radius 1 is 1.73 bits per heavy atom. The van der Waals surface area contributed by atoms with Gasteiger partial charge >= 0.3 is 5.97 Å². The Morgan fingerprint density at radius 3 is 3.00 bits per heavy atom. The minimum atomic E-state index is -1.09. The van der Waals surface area contributed by atoms with Crippen LogP contribution >= 0.6 is 11.8 Å². The van der Waals surface area contributed by atoms with E-state index in [1.165, 1.54) is 4.90 Å². The van der Waals surface area contributed by atoms with Crippen LogP contribution in [0.5, 0.6) is 0 Å². The molecule has 1 amide bonds. The number of carboxylic acids is 1. The fraction of sp³-hybridized carbons (Fsp3) is 0.556. The molecule has 1 atom stereocenters. The predicted octanol–water partition coefficient (Wildman–Crippen LogP) is 0.624. The molecule has 2 aliphatic heterocycles. The summed E-state index contributed by atoms with van der Waals surface area (Å²) in [4.78, 5) is 23.6. The van der Waals surface area contributed by atoms with Gasteiger partial charge in [0, 0.05) is 0 Å². The maximum atomic E-state index is 11.3. The van der Waals surface area contributed by atoms with Crippen LogP contribution in [0.1, 0.15) is 13.3 Å². The van der Waals surface area contributed by atoms with Crippen molar-refractivity contribution in [1.82, 2.24) is 4.90 Å². The lowest BCUT2D eigenvalue weighted by atomic mass is 10.1. The van der Waals surface area contributed by atoms with Crippen LogP contribution in [0.3, 0.4) is 0 Å². The number of thioether (sulfide) groups is 1. The SMILES string of the molecule is CCOC1=C(C(=O)O)N2C(=O)C[C@H]2SC1. The van der Waals surface area contributed by atoms with E-state index < -0.39 is 5.97 Å². The lowest BCUT2D eigenvalue weighted by Crippen LogP contribution is -2.54. The molecule has 0 spiro atoms. The zero-order valence-corrected chi connectivity index (χ0v) is 9.04. The molecule has 0 bridgehead atoms. The molecule has 0 aliphatic carbocycles. The molecule has 82 valence electrons. The molecule has 0 aromatic heterocycles. The Bertz CT molecular complexity index is 352. The molecule has 2 rings (SSSR count). The Hall–Kier alpha value is -1.17. The van der Waals surface area contributed by atoms with Crippen LogP contribution in [0.15, 0.2) is 11.5 Å². The van der Waals surface area contributed by atoms with Crippen LogP contribution < -0.4 is 0 Å². The first-order valence-corrected chi connectivity index (χ1v) is 5.73. The number of aliphatic carboxylic acids is 1. The summed E-state index contributed by atoms with van der Waals surface area (Å²) in [7, 11) is 0. The first-order chi connectivity index (χ1) is 7.15. The monoisotopic (exact) mass is 229 g/mol. The van der Waals surface area contributed by atoms with Crippen LogP contribution in [0.4, 0.5) is 0 Å². The number of carbonyl (C=O) groups is 2. The van der Waals surface area contributed by atoms with Gasteiger partial charge < -0.3 is 9.84 Å². The minimum absolute atomic E-state index is 0.00666. The average Bonchev–Trinajstić information content (AvgIpc) is 2.18. The Balaban J connectivity index is 2.32. The van der Waals surface area contributed by atoms with Crippen molar-refractivity contribution in [3.05, 3.63) is 11.5 Å². The van der Waals surface area contributed by atoms with Crippen molar-refractivity contribution >= 4 is 23.6 Å². The Labute approximate surface area is 91.1 Å². The summed E-state index contributed by atoms with van der Waals surface area (Å²) >= 11 is 1.54. The second-order valence-electron chi connectivity index (χ2n) is 3.24. The second-order valence-corrected chi connectivity index (χ2v) is 4.41. The molecule has 0 aromatic carbocycles. The van der Waals surface area contributed by atoms with Gasteiger partial charge in [-0.15, -0.1) is 11.8 Å². The summed E-state index contributed by atoms with van der Waals surface area (Å²) in [6.45, 7) is 2.21. The Morgan fingerprint density at radius 2 is 2.47 bits per heavy atom. The molecule has 1 fully saturated rings. The third kappa shape index (κ3) is 1.58. The highest BCUT2D eigenvalue weighted by atomic mass is 32.2. The zero-order chi connectivity index (χ0) is 11.0. The number of nitrogens with zero attached hydrogens (tertiary/aromatic N) is 1. The number of carboxylic acid groups (broad SMARTS) is 1. The number of fused-ring (bicyclic) bond motifs is 1. The smallest absolute Gasteiger partial charge is 0.356 e. The van der Waals surface area contributed by atoms with Crippen LogP contribution in [-0.4, -0.2) is 39.6 Å². The van der Waals surface area contributed by atoms with E-state index >= 15 is 0 Å². The molecule has 6 heteroatoms. The van der Waals surface area contributed by atoms with Crippen molar-refractivity contribution in [3.63, 3.8) is 0 Å². The summed E-state index contributed by atoms with van der Waals surface area (Å²) in [6, 6.07) is 0. The van der Waals surface area contributed by atoms with Crippen molar-refractivity contribution in [2.75, 3.05) is 12.4 Å². The van der Waals surface area contributed by atoms with E-state index in [2.05, 4.69) is 0 Å². The van der Waals surface area contributed by atoms with Crippen molar-refractivity contribution < 1.29 is 19.4 Å². The summed E-state index contributed by atoms with van der Waals surface area (Å²) < 4.78 is 5.24. The number of carbonyl (C=O) groups excluding carboxylic acids is 1. The first kappa shape index (κ1) is 10.4. The summed E-state index contributed by atoms with van der Waals surface area (Å²) in [5.74, 6) is -0.290. The van der Waals surface area contributed by atoms with Crippen molar-refractivity contribution in [1.29, 1.82) is 0 Å². The van der Waals surface area contributed by atoms with E-state index in [1.54, 1.807) is 18.7 Å². The molecule has 0 saturated carbocycles. The van der Waals surface area contributed by atoms with Crippen LogP contribution in [0.25, 0.3) is 0 Å². The first-order valence-electron chi connectivity index (χ1n) is 4.68. The highest BCUT2D eigenvalue weighted by Gasteiger charge is 2.46. The van der Waals surface area contributed by atoms with E-state index in [9.17, 15) is 9.59 Å². The molecule has 1 saturated heterocycles. The lowest BCUT2D eigenvalue weighted by molar-refractivity contribution is -0.146. The molecule has 0 unspecified atom stereocenters. The highest BCUT2D eigenvalue weighted by Crippen LogP contribution is 2.39. The number of ether oxygens (including phenoxy) is 1. The van der Waals surface area contributed by atoms with Gasteiger partial charge in [-0.2, -0.15) is 0 Å². The van der Waals surface area contributed by atoms with Gasteiger partial charge in [0.1, 0.15) is 5.76 Å². The van der Waals surface area contributed by atoms with Gasteiger partial charge in [0.15, 0.2) is 5.70 Å². The van der Waals surface area contributed by atoms with Crippen LogP contribution in [0, 0.1) is 0 Å². The highest BCUT2D eigenvalue weighted by molar-refractivity contribution is 8.00. The maximum Gasteiger partial charge on any atom is 0.356 e. The maximum absolute atomic E-state index is 11.3. The largest absolute Gasteiger partial charge is 0.495 e. The van der Waals surface area contributed by atoms with Gasteiger partial charge in [-0.05, 0) is 6.92 Å². The van der Waals surface area contributed by atoms with Gasteiger partial charge in [0.25, 0.3) is 0 Å². The number of β-lactam (4-membered cyclic amide) rings is 1. The molecule has 2 aliphatic rings. The van der Waals surface area contributed by atoms with Gasteiger partial charge in [0.05, 0.1) is 24.2 Å². The van der Waals surface area contributed by atoms with Gasteiger partial charge in [0.2, 0.25) is 5.91 Å². The zero-order valence-electron chi connectivity index (χ0n) is 8.23. The minimum Gasteiger partial charge on any atom is -0.495 e. The molecule has 5 nitrogen and oxygen atoms in total. The van der Waals surface area contributed by atoms with Crippen molar-refractivity contribution in [3.8, 4) is 0 Å². The third-order valence-corrected chi connectivity index (χ3v) is 3.53. The standard InChI is InChI=1S/C9H11NO4S/c1-2-14-5-4-15-7-3-6(11)10(7)8(5)9(12)13/h7H,2-4H2,1H3,(H,12,13)/t7-/m1/s1. The van der Waals surface area contributed by atoms with Gasteiger partial charge in [-0.3, -0.25) is 9.69 Å². The van der Waals surface area contributed by atoms with E-state index in [1.807, 2.05) is 0 Å². The molecule has 1 N–H and O–H groups in total. The molecule has 2 heterocycles. The van der Waals surface area contributed by atoms with Crippen LogP contribution in [0.2, 0.25) is 0 Å². The van der Waals surface area contributed by atoms with E-state index in [4.69, 9.17) is 9.84 Å². The van der Waals surface area contributed by atoms with E-state index in [0.717, 1.165) is 0 Å². The fourth-order valence-electron chi connectivity index (χ4n) is 1.67. The van der Waals surface area contributed by atoms with Gasteiger partial charge in [-0.25, -0.2) is 4.79 Å². The van der Waals surface area contributed by atoms with Crippen molar-refractivity contribution in [2.24, 2.45) is 0 Å². The molecule has 0 radical (unpaired) electrons. The topological polar surface area (TPSA) is 66.8 Å². The summed E-state index contributed by atoms with van der Waals surface area (Å²) in [5.41, 5.74) is 0.0249. The molecule has 15 heavy (non-hydrogen) atoms. The number of hydrogen-bond donors (Lipinski definition) is 1. The normalized spacial score (nSPS) is 24.7. The van der Waals surface area contributed by atoms with E-state index in [0.29, 0.717) is 24.5 Å². The van der Waals surface area contributed by atoms with Crippen molar-refractivity contribution in [2.45, 2.75) is 18.7 Å². The number of rotatable bonds is 3. The molecule has 0 aromatic rings. The summed E-state index contributed by atoms with van der Waals surface area (Å²) in [6.07, 6.45) is 0.431. The molecular weight excluding hydrogens is 218 g/mol. The average molecular weight is 229 g/mol. The Kier molecular flexibility index (Phi) is 2.60. The lowest BCUT2D eigenvalue weighted by Gasteiger charge is -2.43. The summed E-state index contributed by atoms with van der Waals surface area (Å²) in [5, 5.41) is 9.03. The fourth-order valence-corrected chi connectivity index (χ4v) is 2.87. The third-order valence-electron chi connectivity index (χ3n) is 2.34. The predicted molar refractivity (Wildman–Crippen MR) is 54.0 cm³/mol. The number of amides is 1. The van der Waals surface area contributed by atoms with E-state index in [-0.39, 0.29) is 17.0 Å². The van der Waals surface area contributed by atoms with Crippen LogP contribution in [-0.2, 0) is 14.3 Å².